The zero-order valence-electron chi connectivity index (χ0n) is 21.2. The Bertz CT molecular complexity index is 2440. The molecule has 0 aliphatic heterocycles. The van der Waals surface area contributed by atoms with Gasteiger partial charge in [0.2, 0.25) is 5.95 Å². The second-order valence-corrected chi connectivity index (χ2v) is 11.1. The van der Waals surface area contributed by atoms with Crippen LogP contribution in [0.2, 0.25) is 0 Å². The molecule has 9 aromatic rings. The van der Waals surface area contributed by atoms with E-state index >= 15 is 0 Å². The third-order valence-electron chi connectivity index (χ3n) is 7.85. The zero-order chi connectivity index (χ0) is 26.2. The number of nitrogens with zero attached hydrogens (tertiary/aromatic N) is 4. The van der Waals surface area contributed by atoms with Gasteiger partial charge in [0.05, 0.1) is 32.5 Å². The maximum absolute atomic E-state index is 5.25. The van der Waals surface area contributed by atoms with Crippen LogP contribution in [0, 0.1) is 0 Å². The second kappa shape index (κ2) is 8.18. The van der Waals surface area contributed by atoms with Gasteiger partial charge in [-0.15, -0.1) is 11.3 Å². The minimum absolute atomic E-state index is 0.660. The van der Waals surface area contributed by atoms with Gasteiger partial charge in [-0.3, -0.25) is 9.55 Å². The standard InChI is InChI=1S/C35H20N4S/c1-2-10-21(11-3-1)31-25-14-4-7-15-28(25)37-35(38-31)39-29-16-8-5-12-22(29)27-20-36-32-26(33(27)39)19-18-24-23-13-6-9-17-30(23)40-34(24)32/h1-20H. The minimum Gasteiger partial charge on any atom is -0.277 e. The Labute approximate surface area is 232 Å². The Morgan fingerprint density at radius 2 is 1.27 bits per heavy atom. The molecule has 9 rings (SSSR count). The highest BCUT2D eigenvalue weighted by atomic mass is 32.1. The SMILES string of the molecule is c1ccc(-c2nc(-n3c4ccccc4c4cnc5c(ccc6c7ccccc7sc65)c43)nc3ccccc23)cc1. The Kier molecular flexibility index (Phi) is 4.45. The lowest BCUT2D eigenvalue weighted by Crippen LogP contribution is -2.03. The van der Waals surface area contributed by atoms with Crippen molar-refractivity contribution >= 4 is 75.1 Å². The second-order valence-electron chi connectivity index (χ2n) is 10.1. The summed E-state index contributed by atoms with van der Waals surface area (Å²) in [5.74, 6) is 0.660. The van der Waals surface area contributed by atoms with E-state index in [0.717, 1.165) is 54.9 Å². The van der Waals surface area contributed by atoms with Crippen LogP contribution >= 0.6 is 11.3 Å². The third kappa shape index (κ3) is 2.98. The van der Waals surface area contributed by atoms with E-state index < -0.39 is 0 Å². The minimum atomic E-state index is 0.660. The molecule has 4 aromatic heterocycles. The molecule has 0 aliphatic carbocycles. The van der Waals surface area contributed by atoms with Crippen molar-refractivity contribution in [2.75, 3.05) is 0 Å². The average Bonchev–Trinajstić information content (AvgIpc) is 3.57. The van der Waals surface area contributed by atoms with E-state index in [1.807, 2.05) is 24.4 Å². The maximum Gasteiger partial charge on any atom is 0.235 e. The van der Waals surface area contributed by atoms with Gasteiger partial charge in [0, 0.05) is 48.8 Å². The number of pyridine rings is 1. The van der Waals surface area contributed by atoms with Crippen molar-refractivity contribution in [2.24, 2.45) is 0 Å². The summed E-state index contributed by atoms with van der Waals surface area (Å²) in [6.07, 6.45) is 2.03. The number of aromatic nitrogens is 4. The van der Waals surface area contributed by atoms with Crippen molar-refractivity contribution in [1.29, 1.82) is 0 Å². The zero-order valence-corrected chi connectivity index (χ0v) is 22.1. The van der Waals surface area contributed by atoms with Crippen LogP contribution in [-0.4, -0.2) is 19.5 Å². The molecule has 5 aromatic carbocycles. The average molecular weight is 529 g/mol. The lowest BCUT2D eigenvalue weighted by molar-refractivity contribution is 1.02. The largest absolute Gasteiger partial charge is 0.277 e. The Hall–Kier alpha value is -5.13. The fourth-order valence-electron chi connectivity index (χ4n) is 6.07. The quantitative estimate of drug-likeness (QED) is 0.225. The van der Waals surface area contributed by atoms with Crippen molar-refractivity contribution in [3.05, 3.63) is 121 Å². The first-order valence-electron chi connectivity index (χ1n) is 13.3. The molecular weight excluding hydrogens is 508 g/mol. The van der Waals surface area contributed by atoms with Crippen LogP contribution in [-0.2, 0) is 0 Å². The summed E-state index contributed by atoms with van der Waals surface area (Å²) >= 11 is 1.81. The molecular formula is C35H20N4S. The Morgan fingerprint density at radius 3 is 2.17 bits per heavy atom. The normalized spacial score (nSPS) is 12.0. The molecule has 40 heavy (non-hydrogen) atoms. The first-order valence-corrected chi connectivity index (χ1v) is 14.1. The lowest BCUT2D eigenvalue weighted by atomic mass is 10.1. The molecule has 0 fully saturated rings. The van der Waals surface area contributed by atoms with Gasteiger partial charge in [-0.05, 0) is 24.3 Å². The third-order valence-corrected chi connectivity index (χ3v) is 9.04. The van der Waals surface area contributed by atoms with Crippen molar-refractivity contribution in [3.63, 3.8) is 0 Å². The van der Waals surface area contributed by atoms with Gasteiger partial charge in [0.25, 0.3) is 0 Å². The van der Waals surface area contributed by atoms with Gasteiger partial charge in [-0.1, -0.05) is 91.0 Å². The Balaban J connectivity index is 1.45. The van der Waals surface area contributed by atoms with E-state index in [2.05, 4.69) is 102 Å². The van der Waals surface area contributed by atoms with Crippen LogP contribution < -0.4 is 0 Å². The van der Waals surface area contributed by atoms with Gasteiger partial charge in [0.1, 0.15) is 0 Å². The van der Waals surface area contributed by atoms with E-state index in [4.69, 9.17) is 15.0 Å². The number of rotatable bonds is 2. The van der Waals surface area contributed by atoms with Gasteiger partial charge in [-0.2, -0.15) is 0 Å². The molecule has 0 bridgehead atoms. The number of para-hydroxylation sites is 2. The molecule has 0 atom stereocenters. The topological polar surface area (TPSA) is 43.6 Å². The van der Waals surface area contributed by atoms with Crippen LogP contribution in [0.5, 0.6) is 0 Å². The van der Waals surface area contributed by atoms with E-state index in [0.29, 0.717) is 5.95 Å². The molecule has 186 valence electrons. The van der Waals surface area contributed by atoms with Gasteiger partial charge in [-0.25, -0.2) is 9.97 Å². The monoisotopic (exact) mass is 528 g/mol. The predicted molar refractivity (Wildman–Crippen MR) is 168 cm³/mol. The van der Waals surface area contributed by atoms with E-state index in [1.54, 1.807) is 11.3 Å². The molecule has 4 heterocycles. The van der Waals surface area contributed by atoms with E-state index in [9.17, 15) is 0 Å². The van der Waals surface area contributed by atoms with Crippen LogP contribution in [0.1, 0.15) is 0 Å². The van der Waals surface area contributed by atoms with Crippen LogP contribution in [0.25, 0.3) is 81.0 Å². The number of hydrogen-bond donors (Lipinski definition) is 0. The summed E-state index contributed by atoms with van der Waals surface area (Å²) in [5, 5.41) is 6.90. The predicted octanol–water partition coefficient (Wildman–Crippen LogP) is 9.31. The number of hydrogen-bond acceptors (Lipinski definition) is 4. The highest BCUT2D eigenvalue weighted by molar-refractivity contribution is 7.26. The summed E-state index contributed by atoms with van der Waals surface area (Å²) in [5.41, 5.74) is 6.08. The molecule has 0 saturated carbocycles. The molecule has 0 saturated heterocycles. The first kappa shape index (κ1) is 21.8. The number of thiophene rings is 1. The lowest BCUT2D eigenvalue weighted by Gasteiger charge is -2.12. The van der Waals surface area contributed by atoms with Crippen molar-refractivity contribution in [1.82, 2.24) is 19.5 Å². The number of benzene rings is 5. The van der Waals surface area contributed by atoms with Gasteiger partial charge < -0.3 is 0 Å². The summed E-state index contributed by atoms with van der Waals surface area (Å²) in [6, 6.07) is 40.2. The van der Waals surface area contributed by atoms with Crippen molar-refractivity contribution in [3.8, 4) is 17.2 Å². The fourth-order valence-corrected chi connectivity index (χ4v) is 7.27. The van der Waals surface area contributed by atoms with Gasteiger partial charge in [0.15, 0.2) is 0 Å². The maximum atomic E-state index is 5.25. The first-order chi connectivity index (χ1) is 19.8. The highest BCUT2D eigenvalue weighted by Crippen LogP contribution is 2.42. The van der Waals surface area contributed by atoms with Gasteiger partial charge >= 0.3 is 0 Å². The molecule has 4 nitrogen and oxygen atoms in total. The summed E-state index contributed by atoms with van der Waals surface area (Å²) < 4.78 is 4.71. The van der Waals surface area contributed by atoms with Crippen molar-refractivity contribution in [2.45, 2.75) is 0 Å². The van der Waals surface area contributed by atoms with Crippen LogP contribution in [0.4, 0.5) is 0 Å². The van der Waals surface area contributed by atoms with Crippen LogP contribution in [0.15, 0.2) is 121 Å². The molecule has 0 radical (unpaired) electrons. The molecule has 0 N–H and O–H groups in total. The van der Waals surface area contributed by atoms with E-state index in [1.165, 1.54) is 20.2 Å². The highest BCUT2D eigenvalue weighted by Gasteiger charge is 2.20. The number of fused-ring (bicyclic) bond motifs is 10. The Morgan fingerprint density at radius 1 is 0.550 bits per heavy atom. The summed E-state index contributed by atoms with van der Waals surface area (Å²) in [6.45, 7) is 0. The molecule has 0 spiro atoms. The fraction of sp³-hybridized carbons (Fsp3) is 0. The van der Waals surface area contributed by atoms with Crippen molar-refractivity contribution < 1.29 is 0 Å². The molecule has 0 aliphatic rings. The molecule has 0 amide bonds. The van der Waals surface area contributed by atoms with E-state index in [-0.39, 0.29) is 0 Å². The van der Waals surface area contributed by atoms with Crippen LogP contribution in [0.3, 0.4) is 0 Å². The summed E-state index contributed by atoms with van der Waals surface area (Å²) in [4.78, 5) is 15.5. The molecule has 5 heteroatoms. The molecule has 0 unspecified atom stereocenters. The summed E-state index contributed by atoms with van der Waals surface area (Å²) in [7, 11) is 0. The smallest absolute Gasteiger partial charge is 0.235 e.